The molecule has 2 fully saturated rings. The number of aromatic nitrogens is 2. The number of carbonyl (C=O) groups excluding carboxylic acids is 9. The number of hydrogen-bond acceptors (Lipinski definition) is 19. The van der Waals surface area contributed by atoms with Gasteiger partial charge in [-0.15, -0.1) is 5.06 Å². The van der Waals surface area contributed by atoms with E-state index in [0.29, 0.717) is 52.4 Å². The third kappa shape index (κ3) is 13.4. The first-order chi connectivity index (χ1) is 39.6. The lowest BCUT2D eigenvalue weighted by atomic mass is 9.82. The van der Waals surface area contributed by atoms with Crippen LogP contribution in [-0.4, -0.2) is 155 Å². The summed E-state index contributed by atoms with van der Waals surface area (Å²) >= 11 is 0. The average molecular weight is 1160 g/mol. The van der Waals surface area contributed by atoms with Crippen LogP contribution in [0.2, 0.25) is 0 Å². The number of hydrogen-bond donors (Lipinski definition) is 5. The van der Waals surface area contributed by atoms with Crippen LogP contribution in [0.15, 0.2) is 16.9 Å². The number of nitrogens with zero attached hydrogens (tertiary/aromatic N) is 4. The van der Waals surface area contributed by atoms with E-state index < -0.39 is 114 Å². The summed E-state index contributed by atoms with van der Waals surface area (Å²) in [6.07, 6.45) is 0.292. The maximum absolute atomic E-state index is 15.3. The normalized spacial score (nSPS) is 19.4. The lowest BCUT2D eigenvalue weighted by Gasteiger charge is -2.37. The number of fused-ring (bicyclic) bond motifs is 5. The van der Waals surface area contributed by atoms with Crippen molar-refractivity contribution in [3.63, 3.8) is 0 Å². The number of esters is 2. The van der Waals surface area contributed by atoms with Crippen LogP contribution in [0.5, 0.6) is 0 Å². The van der Waals surface area contributed by atoms with Gasteiger partial charge in [-0.1, -0.05) is 20.8 Å². The molecule has 0 saturated carbocycles. The molecule has 6 N–H and O–H groups in total. The summed E-state index contributed by atoms with van der Waals surface area (Å²) in [5.74, 6) is -9.08. The Balaban J connectivity index is 0.800. The number of amides is 6. The number of pyridine rings is 2. The number of carbonyl (C=O) groups is 10. The molecule has 26 nitrogen and oxygen atoms in total. The van der Waals surface area contributed by atoms with Crippen molar-refractivity contribution < 1.29 is 86.0 Å². The minimum absolute atomic E-state index is 0.0150. The number of aliphatic carboxylic acids is 1. The van der Waals surface area contributed by atoms with E-state index in [0.717, 1.165) is 21.4 Å². The van der Waals surface area contributed by atoms with Gasteiger partial charge in [-0.2, -0.15) is 0 Å². The number of imide groups is 1. The van der Waals surface area contributed by atoms with Gasteiger partial charge in [0.2, 0.25) is 29.2 Å². The third-order valence-electron chi connectivity index (χ3n) is 15.5. The van der Waals surface area contributed by atoms with E-state index in [1.807, 2.05) is 0 Å². The highest BCUT2D eigenvalue weighted by atomic mass is 19.1. The summed E-state index contributed by atoms with van der Waals surface area (Å²) in [6, 6.07) is -1.66. The van der Waals surface area contributed by atoms with Crippen molar-refractivity contribution in [2.45, 2.75) is 148 Å². The van der Waals surface area contributed by atoms with Gasteiger partial charge in [0.25, 0.3) is 17.4 Å². The first kappa shape index (κ1) is 61.3. The zero-order valence-electron chi connectivity index (χ0n) is 46.7. The number of likely N-dealkylation sites (tertiary alicyclic amines) is 1. The second-order valence-electron chi connectivity index (χ2n) is 21.3. The second kappa shape index (κ2) is 26.7. The molecule has 5 atom stereocenters. The highest BCUT2D eigenvalue weighted by Crippen LogP contribution is 2.46. The largest absolute Gasteiger partial charge is 0.481 e. The van der Waals surface area contributed by atoms with Gasteiger partial charge in [0.1, 0.15) is 30.5 Å². The molecule has 8 rings (SSSR count). The molecule has 2 aromatic heterocycles. The van der Waals surface area contributed by atoms with Gasteiger partial charge in [0, 0.05) is 73.8 Å². The van der Waals surface area contributed by atoms with Gasteiger partial charge < -0.3 is 64.8 Å². The van der Waals surface area contributed by atoms with Crippen LogP contribution in [0.3, 0.4) is 0 Å². The fourth-order valence-electron chi connectivity index (χ4n) is 11.1. The van der Waals surface area contributed by atoms with Gasteiger partial charge in [-0.05, 0) is 74.1 Å². The Hall–Kier alpha value is -7.75. The lowest BCUT2D eigenvalue weighted by Crippen LogP contribution is -2.57. The Labute approximate surface area is 475 Å². The molecule has 1 aliphatic carbocycles. The molecule has 3 aromatic rings. The van der Waals surface area contributed by atoms with Gasteiger partial charge in [-0.3, -0.25) is 38.4 Å². The maximum Gasteiger partial charge on any atom is 0.355 e. The summed E-state index contributed by atoms with van der Waals surface area (Å²) in [6.45, 7) is 7.11. The molecule has 0 radical (unpaired) electrons. The van der Waals surface area contributed by atoms with Gasteiger partial charge >= 0.3 is 23.9 Å². The standard InChI is InChI=1S/C56H69FN8O18/c1-5-56(34-24-40-50-32(27-64(40)52(74)33(34)28-81-55(56)77)47-36(58)12-11-31-30(4)35(57)25-37(61-50)48(31)47)82-54(76)49(29(2)3)62-51(73)39-8-7-17-63(39)53(75)38(26-45(70)71)60-42(67)15-18-78-20-22-80-23-21-79-19-16-59-41(66)9-6-10-46(72)83-65-43(68)13-14-44(65)69/h24-25,29,36,38-39,49H,5-23,26-28,58H2,1-4H3,(H,59,66)(H,60,67)(H,62,73)(H,70,71)/t36-,38-,39-,49-,56-/m0/s1. The van der Waals surface area contributed by atoms with Crippen LogP contribution >= 0.6 is 0 Å². The predicted molar refractivity (Wildman–Crippen MR) is 285 cm³/mol. The molecule has 448 valence electrons. The first-order valence-electron chi connectivity index (χ1n) is 27.9. The van der Waals surface area contributed by atoms with Crippen molar-refractivity contribution in [2.75, 3.05) is 52.7 Å². The molecule has 0 unspecified atom stereocenters. The number of cyclic esters (lactones) is 1. The molecular formula is C56H69FN8O18. The number of aryl methyl sites for hydroxylation is 1. The van der Waals surface area contributed by atoms with Gasteiger partial charge in [0.05, 0.1) is 75.1 Å². The highest BCUT2D eigenvalue weighted by Gasteiger charge is 2.52. The molecule has 4 aliphatic heterocycles. The molecule has 0 bridgehead atoms. The van der Waals surface area contributed by atoms with E-state index in [-0.39, 0.29) is 128 Å². The zero-order valence-corrected chi connectivity index (χ0v) is 46.7. The van der Waals surface area contributed by atoms with E-state index in [1.165, 1.54) is 10.6 Å². The van der Waals surface area contributed by atoms with E-state index in [1.54, 1.807) is 33.8 Å². The number of ether oxygens (including phenoxy) is 5. The van der Waals surface area contributed by atoms with Crippen LogP contribution in [0.25, 0.3) is 22.3 Å². The molecule has 0 spiro atoms. The summed E-state index contributed by atoms with van der Waals surface area (Å²) < 4.78 is 44.8. The highest BCUT2D eigenvalue weighted by molar-refractivity contribution is 6.02. The Morgan fingerprint density at radius 1 is 0.880 bits per heavy atom. The van der Waals surface area contributed by atoms with Gasteiger partial charge in [0.15, 0.2) is 0 Å². The number of rotatable bonds is 27. The maximum atomic E-state index is 15.3. The number of carboxylic acids is 1. The number of halogens is 1. The van der Waals surface area contributed by atoms with Gasteiger partial charge in [-0.25, -0.2) is 23.8 Å². The Kier molecular flexibility index (Phi) is 19.7. The first-order valence-corrected chi connectivity index (χ1v) is 27.9. The van der Waals surface area contributed by atoms with Crippen LogP contribution in [-0.2, 0) is 102 Å². The van der Waals surface area contributed by atoms with Crippen molar-refractivity contribution in [1.82, 2.24) is 35.5 Å². The number of hydroxylamine groups is 2. The van der Waals surface area contributed by atoms with E-state index in [9.17, 15) is 57.8 Å². The molecule has 27 heteroatoms. The second-order valence-corrected chi connectivity index (χ2v) is 21.3. The lowest BCUT2D eigenvalue weighted by molar-refractivity contribution is -0.197. The monoisotopic (exact) mass is 1160 g/mol. The Bertz CT molecular complexity index is 3150. The number of nitrogens with two attached hydrogens (primary N) is 1. The predicted octanol–water partition coefficient (Wildman–Crippen LogP) is 1.45. The van der Waals surface area contributed by atoms with Crippen LogP contribution < -0.4 is 27.2 Å². The summed E-state index contributed by atoms with van der Waals surface area (Å²) in [7, 11) is 0. The fraction of sp³-hybridized carbons (Fsp3) is 0.571. The van der Waals surface area contributed by atoms with Crippen molar-refractivity contribution in [3.05, 3.63) is 61.7 Å². The van der Waals surface area contributed by atoms with Crippen LogP contribution in [0.1, 0.15) is 131 Å². The summed E-state index contributed by atoms with van der Waals surface area (Å²) in [5.41, 5.74) is 8.05. The average Bonchev–Trinajstić information content (AvgIpc) is 3.15. The molecular weight excluding hydrogens is 1090 g/mol. The number of benzene rings is 1. The molecule has 6 heterocycles. The topological polar surface area (TPSA) is 350 Å². The van der Waals surface area contributed by atoms with Crippen molar-refractivity contribution in [1.29, 1.82) is 0 Å². The third-order valence-corrected chi connectivity index (χ3v) is 15.5. The summed E-state index contributed by atoms with van der Waals surface area (Å²) in [4.78, 5) is 154. The number of carboxylic acid groups (broad SMARTS) is 1. The SMILES string of the molecule is CC[C@@]1(OC(=O)[C@@H](NC(=O)[C@@H]2CCCN2C(=O)[C@H](CC(=O)O)NC(=O)CCOCCOCCOCCNC(=O)CCCC(=O)ON2C(=O)CCC2=O)C(C)C)C(=O)OCc2c1cc1n(c2=O)Cc2c-1nc1cc(F)c(C)c3c1c2[C@@H](N)CC3. The smallest absolute Gasteiger partial charge is 0.355 e. The molecule has 1 aromatic carbocycles. The van der Waals surface area contributed by atoms with Crippen molar-refractivity contribution in [3.8, 4) is 11.4 Å². The van der Waals surface area contributed by atoms with Crippen LogP contribution in [0, 0.1) is 18.7 Å². The van der Waals surface area contributed by atoms with Crippen LogP contribution in [0.4, 0.5) is 4.39 Å². The quantitative estimate of drug-likeness (QED) is 0.0320. The molecule has 83 heavy (non-hydrogen) atoms. The van der Waals surface area contributed by atoms with Crippen molar-refractivity contribution >= 4 is 70.2 Å². The minimum Gasteiger partial charge on any atom is -0.481 e. The van der Waals surface area contributed by atoms with E-state index >= 15 is 4.39 Å². The Morgan fingerprint density at radius 2 is 1.58 bits per heavy atom. The van der Waals surface area contributed by atoms with E-state index in [4.69, 9.17) is 39.2 Å². The fourth-order valence-corrected chi connectivity index (χ4v) is 11.1. The molecule has 6 amide bonds. The molecule has 2 saturated heterocycles. The minimum atomic E-state index is -2.16. The molecule has 5 aliphatic rings. The van der Waals surface area contributed by atoms with E-state index in [2.05, 4.69) is 16.0 Å². The Morgan fingerprint density at radius 3 is 2.27 bits per heavy atom. The van der Waals surface area contributed by atoms with Crippen molar-refractivity contribution in [2.24, 2.45) is 11.7 Å². The zero-order chi connectivity index (χ0) is 59.9. The summed E-state index contributed by atoms with van der Waals surface area (Å²) in [5, 5.41) is 18.7. The number of nitrogens with one attached hydrogen (secondary N) is 3.